The SMILES string of the molecule is CCOC(CN1CCC(CN)C1)OCC. The molecular formula is C11H24N2O2. The quantitative estimate of drug-likeness (QED) is 0.635. The summed E-state index contributed by atoms with van der Waals surface area (Å²) in [5.41, 5.74) is 5.66. The van der Waals surface area contributed by atoms with Crippen LogP contribution in [0, 0.1) is 5.92 Å². The minimum atomic E-state index is -0.0727. The van der Waals surface area contributed by atoms with Crippen LogP contribution in [0.25, 0.3) is 0 Å². The van der Waals surface area contributed by atoms with Gasteiger partial charge in [0.25, 0.3) is 0 Å². The first-order chi connectivity index (χ1) is 7.30. The van der Waals surface area contributed by atoms with Gasteiger partial charge in [0, 0.05) is 26.3 Å². The second kappa shape index (κ2) is 7.17. The van der Waals surface area contributed by atoms with Crippen molar-refractivity contribution < 1.29 is 9.47 Å². The summed E-state index contributed by atoms with van der Waals surface area (Å²) in [5.74, 6) is 0.661. The number of hydrogen-bond donors (Lipinski definition) is 1. The molecule has 0 bridgehead atoms. The lowest BCUT2D eigenvalue weighted by atomic mass is 10.1. The van der Waals surface area contributed by atoms with Gasteiger partial charge in [-0.2, -0.15) is 0 Å². The molecular weight excluding hydrogens is 192 g/mol. The Hall–Kier alpha value is -0.160. The molecule has 1 atom stereocenters. The second-order valence-corrected chi connectivity index (χ2v) is 3.99. The highest BCUT2D eigenvalue weighted by Crippen LogP contribution is 2.15. The summed E-state index contributed by atoms with van der Waals surface area (Å²) in [7, 11) is 0. The van der Waals surface area contributed by atoms with E-state index in [1.54, 1.807) is 0 Å². The fourth-order valence-corrected chi connectivity index (χ4v) is 2.01. The van der Waals surface area contributed by atoms with Gasteiger partial charge < -0.3 is 15.2 Å². The molecule has 1 rings (SSSR count). The van der Waals surface area contributed by atoms with Gasteiger partial charge in [-0.05, 0) is 39.3 Å². The van der Waals surface area contributed by atoms with Gasteiger partial charge in [0.2, 0.25) is 0 Å². The van der Waals surface area contributed by atoms with Crippen LogP contribution in [0.2, 0.25) is 0 Å². The summed E-state index contributed by atoms with van der Waals surface area (Å²) in [6, 6.07) is 0. The first kappa shape index (κ1) is 12.9. The molecule has 0 aromatic rings. The number of rotatable bonds is 7. The van der Waals surface area contributed by atoms with Crippen molar-refractivity contribution in [1.29, 1.82) is 0 Å². The van der Waals surface area contributed by atoms with Crippen molar-refractivity contribution in [1.82, 2.24) is 4.90 Å². The van der Waals surface area contributed by atoms with E-state index < -0.39 is 0 Å². The van der Waals surface area contributed by atoms with Crippen molar-refractivity contribution in [2.45, 2.75) is 26.6 Å². The van der Waals surface area contributed by atoms with Crippen LogP contribution < -0.4 is 5.73 Å². The minimum Gasteiger partial charge on any atom is -0.352 e. The second-order valence-electron chi connectivity index (χ2n) is 3.99. The molecule has 0 aromatic carbocycles. The van der Waals surface area contributed by atoms with Gasteiger partial charge in [0.1, 0.15) is 0 Å². The Labute approximate surface area is 92.7 Å². The molecule has 1 unspecified atom stereocenters. The summed E-state index contributed by atoms with van der Waals surface area (Å²) in [6.45, 7) is 9.29. The first-order valence-corrected chi connectivity index (χ1v) is 5.95. The lowest BCUT2D eigenvalue weighted by Gasteiger charge is -2.23. The van der Waals surface area contributed by atoms with Crippen LogP contribution in [-0.4, -0.2) is 50.6 Å². The Kier molecular flexibility index (Phi) is 6.17. The normalized spacial score (nSPS) is 22.8. The first-order valence-electron chi connectivity index (χ1n) is 5.95. The summed E-state index contributed by atoms with van der Waals surface area (Å²) >= 11 is 0. The van der Waals surface area contributed by atoms with Crippen LogP contribution in [0.1, 0.15) is 20.3 Å². The Bertz CT molecular complexity index is 161. The van der Waals surface area contributed by atoms with Gasteiger partial charge in [-0.25, -0.2) is 0 Å². The average Bonchev–Trinajstić information content (AvgIpc) is 2.66. The lowest BCUT2D eigenvalue weighted by molar-refractivity contribution is -0.145. The maximum atomic E-state index is 5.66. The third kappa shape index (κ3) is 4.47. The van der Waals surface area contributed by atoms with E-state index in [0.717, 1.165) is 26.2 Å². The van der Waals surface area contributed by atoms with Crippen molar-refractivity contribution in [3.63, 3.8) is 0 Å². The highest BCUT2D eigenvalue weighted by molar-refractivity contribution is 4.76. The fraction of sp³-hybridized carbons (Fsp3) is 1.00. The van der Waals surface area contributed by atoms with Crippen LogP contribution in [0.5, 0.6) is 0 Å². The van der Waals surface area contributed by atoms with E-state index in [1.807, 2.05) is 13.8 Å². The van der Waals surface area contributed by atoms with Crippen LogP contribution in [0.3, 0.4) is 0 Å². The van der Waals surface area contributed by atoms with E-state index in [2.05, 4.69) is 4.90 Å². The summed E-state index contributed by atoms with van der Waals surface area (Å²) in [6.07, 6.45) is 1.14. The van der Waals surface area contributed by atoms with Gasteiger partial charge in [-0.3, -0.25) is 4.90 Å². The van der Waals surface area contributed by atoms with Crippen molar-refractivity contribution in [3.05, 3.63) is 0 Å². The molecule has 1 saturated heterocycles. The van der Waals surface area contributed by atoms with Gasteiger partial charge in [0.05, 0.1) is 0 Å². The minimum absolute atomic E-state index is 0.0727. The molecule has 0 aromatic heterocycles. The maximum absolute atomic E-state index is 5.66. The zero-order valence-electron chi connectivity index (χ0n) is 9.95. The number of nitrogens with zero attached hydrogens (tertiary/aromatic N) is 1. The Morgan fingerprint density at radius 3 is 2.47 bits per heavy atom. The van der Waals surface area contributed by atoms with Crippen LogP contribution >= 0.6 is 0 Å². The molecule has 0 aliphatic carbocycles. The van der Waals surface area contributed by atoms with Gasteiger partial charge >= 0.3 is 0 Å². The molecule has 90 valence electrons. The van der Waals surface area contributed by atoms with Crippen molar-refractivity contribution in [3.8, 4) is 0 Å². The molecule has 1 fully saturated rings. The van der Waals surface area contributed by atoms with Crippen LogP contribution in [0.15, 0.2) is 0 Å². The molecule has 2 N–H and O–H groups in total. The molecule has 0 amide bonds. The van der Waals surface area contributed by atoms with E-state index in [-0.39, 0.29) is 6.29 Å². The molecule has 1 heterocycles. The molecule has 1 aliphatic rings. The topological polar surface area (TPSA) is 47.7 Å². The Balaban J connectivity index is 2.25. The largest absolute Gasteiger partial charge is 0.352 e. The molecule has 0 spiro atoms. The smallest absolute Gasteiger partial charge is 0.170 e. The number of likely N-dealkylation sites (tertiary alicyclic amines) is 1. The van der Waals surface area contributed by atoms with Crippen molar-refractivity contribution >= 4 is 0 Å². The molecule has 4 heteroatoms. The van der Waals surface area contributed by atoms with Crippen LogP contribution in [-0.2, 0) is 9.47 Å². The predicted octanol–water partition coefficient (Wildman–Crippen LogP) is 0.666. The van der Waals surface area contributed by atoms with E-state index in [4.69, 9.17) is 15.2 Å². The maximum Gasteiger partial charge on any atom is 0.170 e. The zero-order valence-corrected chi connectivity index (χ0v) is 9.95. The molecule has 0 radical (unpaired) electrons. The van der Waals surface area contributed by atoms with Crippen LogP contribution in [0.4, 0.5) is 0 Å². The zero-order chi connectivity index (χ0) is 11.1. The summed E-state index contributed by atoms with van der Waals surface area (Å²) in [4.78, 5) is 2.38. The van der Waals surface area contributed by atoms with Crippen molar-refractivity contribution in [2.75, 3.05) is 39.4 Å². The van der Waals surface area contributed by atoms with E-state index in [1.165, 1.54) is 6.42 Å². The fourth-order valence-electron chi connectivity index (χ4n) is 2.01. The number of hydrogen-bond acceptors (Lipinski definition) is 4. The summed E-state index contributed by atoms with van der Waals surface area (Å²) in [5, 5.41) is 0. The van der Waals surface area contributed by atoms with E-state index in [0.29, 0.717) is 19.1 Å². The lowest BCUT2D eigenvalue weighted by Crippen LogP contribution is -2.34. The average molecular weight is 216 g/mol. The van der Waals surface area contributed by atoms with Crippen molar-refractivity contribution in [2.24, 2.45) is 11.7 Å². The Morgan fingerprint density at radius 2 is 2.00 bits per heavy atom. The third-order valence-corrected chi connectivity index (χ3v) is 2.82. The van der Waals surface area contributed by atoms with E-state index in [9.17, 15) is 0 Å². The number of ether oxygens (including phenoxy) is 2. The summed E-state index contributed by atoms with van der Waals surface area (Å²) < 4.78 is 11.0. The molecule has 1 aliphatic heterocycles. The van der Waals surface area contributed by atoms with Gasteiger partial charge in [0.15, 0.2) is 6.29 Å². The standard InChI is InChI=1S/C11H24N2O2/c1-3-14-11(15-4-2)9-13-6-5-10(7-12)8-13/h10-11H,3-9,12H2,1-2H3. The highest BCUT2D eigenvalue weighted by Gasteiger charge is 2.23. The molecule has 15 heavy (non-hydrogen) atoms. The van der Waals surface area contributed by atoms with E-state index >= 15 is 0 Å². The molecule has 4 nitrogen and oxygen atoms in total. The number of nitrogens with two attached hydrogens (primary N) is 1. The Morgan fingerprint density at radius 1 is 1.33 bits per heavy atom. The van der Waals surface area contributed by atoms with Gasteiger partial charge in [-0.1, -0.05) is 0 Å². The monoisotopic (exact) mass is 216 g/mol. The highest BCUT2D eigenvalue weighted by atomic mass is 16.7. The predicted molar refractivity (Wildman–Crippen MR) is 60.6 cm³/mol. The molecule has 0 saturated carbocycles. The third-order valence-electron chi connectivity index (χ3n) is 2.82. The van der Waals surface area contributed by atoms with Gasteiger partial charge in [-0.15, -0.1) is 0 Å².